The largest absolute Gasteiger partial charge is 0.489 e. The SMILES string of the molecule is Cc1noc(C)c1COc1ccc(C(=O)Nc2nc3ccccc3o2)cc1. The predicted octanol–water partition coefficient (Wildman–Crippen LogP) is 4.26. The lowest BCUT2D eigenvalue weighted by atomic mass is 10.2. The van der Waals surface area contributed by atoms with Gasteiger partial charge >= 0.3 is 6.01 Å². The molecule has 136 valence electrons. The van der Waals surface area contributed by atoms with Crippen LogP contribution in [-0.4, -0.2) is 16.0 Å². The zero-order valence-electron chi connectivity index (χ0n) is 14.9. The Morgan fingerprint density at radius 2 is 1.89 bits per heavy atom. The maximum absolute atomic E-state index is 12.4. The molecule has 0 saturated carbocycles. The summed E-state index contributed by atoms with van der Waals surface area (Å²) in [5.74, 6) is 1.08. The number of carbonyl (C=O) groups excluding carboxylic acids is 1. The lowest BCUT2D eigenvalue weighted by molar-refractivity contribution is 0.102. The van der Waals surface area contributed by atoms with Crippen LogP contribution in [0.2, 0.25) is 0 Å². The van der Waals surface area contributed by atoms with Crippen LogP contribution in [0.4, 0.5) is 6.01 Å². The molecule has 0 spiro atoms. The van der Waals surface area contributed by atoms with Gasteiger partial charge in [0.2, 0.25) is 0 Å². The monoisotopic (exact) mass is 363 g/mol. The smallest absolute Gasteiger partial charge is 0.302 e. The second-order valence-electron chi connectivity index (χ2n) is 6.06. The van der Waals surface area contributed by atoms with Gasteiger partial charge in [0.1, 0.15) is 23.6 Å². The Hall–Kier alpha value is -3.61. The normalized spacial score (nSPS) is 10.9. The molecule has 7 heteroatoms. The number of aryl methyl sites for hydroxylation is 2. The number of hydrogen-bond donors (Lipinski definition) is 1. The fraction of sp³-hybridized carbons (Fsp3) is 0.150. The Balaban J connectivity index is 1.41. The Morgan fingerprint density at radius 1 is 1.11 bits per heavy atom. The van der Waals surface area contributed by atoms with E-state index in [0.717, 1.165) is 17.0 Å². The number of rotatable bonds is 5. The predicted molar refractivity (Wildman–Crippen MR) is 98.7 cm³/mol. The van der Waals surface area contributed by atoms with Crippen LogP contribution >= 0.6 is 0 Å². The number of fused-ring (bicyclic) bond motifs is 1. The molecule has 1 N–H and O–H groups in total. The number of carbonyl (C=O) groups is 1. The van der Waals surface area contributed by atoms with Gasteiger partial charge in [0.15, 0.2) is 5.58 Å². The number of aromatic nitrogens is 2. The first-order chi connectivity index (χ1) is 13.1. The molecule has 0 fully saturated rings. The van der Waals surface area contributed by atoms with E-state index >= 15 is 0 Å². The van der Waals surface area contributed by atoms with Gasteiger partial charge in [-0.05, 0) is 50.2 Å². The van der Waals surface area contributed by atoms with Gasteiger partial charge in [0.25, 0.3) is 5.91 Å². The van der Waals surface area contributed by atoms with E-state index < -0.39 is 0 Å². The first-order valence-electron chi connectivity index (χ1n) is 8.41. The van der Waals surface area contributed by atoms with Crippen molar-refractivity contribution in [3.63, 3.8) is 0 Å². The van der Waals surface area contributed by atoms with E-state index in [1.54, 1.807) is 30.3 Å². The third-order valence-electron chi connectivity index (χ3n) is 4.20. The summed E-state index contributed by atoms with van der Waals surface area (Å²) in [5, 5.41) is 6.56. The topological polar surface area (TPSA) is 90.4 Å². The Morgan fingerprint density at radius 3 is 2.59 bits per heavy atom. The summed E-state index contributed by atoms with van der Waals surface area (Å²) < 4.78 is 16.4. The molecular formula is C20H17N3O4. The van der Waals surface area contributed by atoms with Crippen molar-refractivity contribution in [2.24, 2.45) is 0 Å². The molecule has 27 heavy (non-hydrogen) atoms. The van der Waals surface area contributed by atoms with Crippen LogP contribution in [0.25, 0.3) is 11.1 Å². The molecule has 1 amide bonds. The van der Waals surface area contributed by atoms with Gasteiger partial charge < -0.3 is 13.7 Å². The molecule has 0 bridgehead atoms. The molecule has 4 rings (SSSR count). The quantitative estimate of drug-likeness (QED) is 0.570. The van der Waals surface area contributed by atoms with Crippen LogP contribution in [0.1, 0.15) is 27.4 Å². The van der Waals surface area contributed by atoms with Crippen molar-refractivity contribution in [2.45, 2.75) is 20.5 Å². The van der Waals surface area contributed by atoms with E-state index in [0.29, 0.717) is 29.0 Å². The number of nitrogens with one attached hydrogen (secondary N) is 1. The molecule has 0 aliphatic heterocycles. The van der Waals surface area contributed by atoms with Gasteiger partial charge in [0, 0.05) is 5.56 Å². The number of nitrogens with zero attached hydrogens (tertiary/aromatic N) is 2. The molecule has 0 aliphatic carbocycles. The summed E-state index contributed by atoms with van der Waals surface area (Å²) in [6.07, 6.45) is 0. The van der Waals surface area contributed by atoms with E-state index in [4.69, 9.17) is 13.7 Å². The van der Waals surface area contributed by atoms with Crippen molar-refractivity contribution < 1.29 is 18.5 Å². The summed E-state index contributed by atoms with van der Waals surface area (Å²) in [6, 6.07) is 14.3. The van der Waals surface area contributed by atoms with Crippen LogP contribution in [0.5, 0.6) is 5.75 Å². The standard InChI is InChI=1S/C20H17N3O4/c1-12-16(13(2)27-23-12)11-25-15-9-7-14(8-10-15)19(24)22-20-21-17-5-3-4-6-18(17)26-20/h3-10H,11H2,1-2H3,(H,21,22,24). The molecule has 0 atom stereocenters. The Labute approximate surface area is 154 Å². The highest BCUT2D eigenvalue weighted by atomic mass is 16.5. The highest BCUT2D eigenvalue weighted by Gasteiger charge is 2.12. The second kappa shape index (κ2) is 6.95. The number of oxazole rings is 1. The van der Waals surface area contributed by atoms with E-state index in [1.807, 2.05) is 32.0 Å². The number of benzene rings is 2. The third kappa shape index (κ3) is 3.52. The molecule has 7 nitrogen and oxygen atoms in total. The molecular weight excluding hydrogens is 346 g/mol. The minimum atomic E-state index is -0.307. The van der Waals surface area contributed by atoms with Crippen LogP contribution < -0.4 is 10.1 Å². The highest BCUT2D eigenvalue weighted by molar-refractivity contribution is 6.03. The van der Waals surface area contributed by atoms with Gasteiger partial charge in [-0.1, -0.05) is 17.3 Å². The second-order valence-corrected chi connectivity index (χ2v) is 6.06. The first-order valence-corrected chi connectivity index (χ1v) is 8.41. The highest BCUT2D eigenvalue weighted by Crippen LogP contribution is 2.20. The number of ether oxygens (including phenoxy) is 1. The minimum Gasteiger partial charge on any atom is -0.489 e. The number of amides is 1. The molecule has 4 aromatic rings. The maximum Gasteiger partial charge on any atom is 0.302 e. The van der Waals surface area contributed by atoms with E-state index in [1.165, 1.54) is 0 Å². The maximum atomic E-state index is 12.4. The summed E-state index contributed by atoms with van der Waals surface area (Å²) in [6.45, 7) is 4.07. The summed E-state index contributed by atoms with van der Waals surface area (Å²) in [7, 11) is 0. The molecule has 0 saturated heterocycles. The lowest BCUT2D eigenvalue weighted by Gasteiger charge is -2.07. The average molecular weight is 363 g/mol. The molecule has 2 heterocycles. The summed E-state index contributed by atoms with van der Waals surface area (Å²) in [5.41, 5.74) is 3.52. The van der Waals surface area contributed by atoms with Gasteiger partial charge in [-0.2, -0.15) is 4.98 Å². The summed E-state index contributed by atoms with van der Waals surface area (Å²) in [4.78, 5) is 16.6. The fourth-order valence-electron chi connectivity index (χ4n) is 2.66. The van der Waals surface area contributed by atoms with Gasteiger partial charge in [-0.3, -0.25) is 10.1 Å². The Kier molecular flexibility index (Phi) is 4.33. The molecule has 2 aromatic carbocycles. The van der Waals surface area contributed by atoms with Gasteiger partial charge in [0.05, 0.1) is 11.3 Å². The van der Waals surface area contributed by atoms with Gasteiger partial charge in [-0.15, -0.1) is 0 Å². The first kappa shape index (κ1) is 16.8. The summed E-state index contributed by atoms with van der Waals surface area (Å²) >= 11 is 0. The zero-order valence-corrected chi connectivity index (χ0v) is 14.9. The number of para-hydroxylation sites is 2. The molecule has 0 aliphatic rings. The zero-order chi connectivity index (χ0) is 18.8. The van der Waals surface area contributed by atoms with Crippen molar-refractivity contribution in [2.75, 3.05) is 5.32 Å². The van der Waals surface area contributed by atoms with Crippen molar-refractivity contribution in [1.82, 2.24) is 10.1 Å². The van der Waals surface area contributed by atoms with Crippen LogP contribution in [-0.2, 0) is 6.61 Å². The van der Waals surface area contributed by atoms with Crippen molar-refractivity contribution in [1.29, 1.82) is 0 Å². The van der Waals surface area contributed by atoms with Gasteiger partial charge in [-0.25, -0.2) is 0 Å². The molecule has 0 radical (unpaired) electrons. The van der Waals surface area contributed by atoms with E-state index in [9.17, 15) is 4.79 Å². The van der Waals surface area contributed by atoms with E-state index in [2.05, 4.69) is 15.5 Å². The Bertz CT molecular complexity index is 1040. The van der Waals surface area contributed by atoms with E-state index in [-0.39, 0.29) is 11.9 Å². The third-order valence-corrected chi connectivity index (χ3v) is 4.20. The lowest BCUT2D eigenvalue weighted by Crippen LogP contribution is -2.11. The number of anilines is 1. The van der Waals surface area contributed by atoms with Crippen molar-refractivity contribution in [3.8, 4) is 5.75 Å². The average Bonchev–Trinajstić information content (AvgIpc) is 3.23. The van der Waals surface area contributed by atoms with Crippen molar-refractivity contribution in [3.05, 3.63) is 71.1 Å². The van der Waals surface area contributed by atoms with Crippen LogP contribution in [0, 0.1) is 13.8 Å². The van der Waals surface area contributed by atoms with Crippen LogP contribution in [0.15, 0.2) is 57.5 Å². The van der Waals surface area contributed by atoms with Crippen molar-refractivity contribution >= 4 is 23.0 Å². The number of hydrogen-bond acceptors (Lipinski definition) is 6. The van der Waals surface area contributed by atoms with Crippen LogP contribution in [0.3, 0.4) is 0 Å². The molecule has 0 unspecified atom stereocenters. The fourth-order valence-corrected chi connectivity index (χ4v) is 2.66. The molecule has 2 aromatic heterocycles. The minimum absolute atomic E-state index is 0.167.